The lowest BCUT2D eigenvalue weighted by atomic mass is 9.86. The molecule has 182 valence electrons. The number of ether oxygens (including phenoxy) is 1. The Morgan fingerprint density at radius 1 is 0.941 bits per heavy atom. The second kappa shape index (κ2) is 10.3. The zero-order valence-corrected chi connectivity index (χ0v) is 20.4. The normalized spacial score (nSPS) is 14.6. The molecule has 0 heterocycles. The van der Waals surface area contributed by atoms with E-state index in [2.05, 4.69) is 34.9 Å². The molecule has 1 aliphatic rings. The van der Waals surface area contributed by atoms with E-state index >= 15 is 0 Å². The minimum absolute atomic E-state index is 0.0400. The molecule has 0 radical (unpaired) electrons. The highest BCUT2D eigenvalue weighted by Crippen LogP contribution is 2.44. The molecule has 0 aliphatic heterocycles. The number of amides is 2. The predicted octanol–water partition coefficient (Wildman–Crippen LogP) is 4.56. The molecular weight excluding hydrogens is 432 g/mol. The number of rotatable bonds is 8. The number of fused-ring (bicyclic) bond motifs is 3. The van der Waals surface area contributed by atoms with E-state index in [1.54, 1.807) is 20.8 Å². The number of carboxylic acid groups (broad SMARTS) is 1. The maximum absolute atomic E-state index is 12.7. The van der Waals surface area contributed by atoms with Crippen molar-refractivity contribution in [3.8, 4) is 11.1 Å². The molecule has 0 spiro atoms. The number of nitrogens with one attached hydrogen (secondary N) is 2. The molecule has 1 unspecified atom stereocenters. The molecule has 0 saturated heterocycles. The number of carbonyl (C=O) groups excluding carboxylic acids is 2. The zero-order valence-electron chi connectivity index (χ0n) is 20.4. The van der Waals surface area contributed by atoms with E-state index in [0.717, 1.165) is 22.3 Å². The molecule has 34 heavy (non-hydrogen) atoms. The van der Waals surface area contributed by atoms with E-state index in [1.807, 2.05) is 38.1 Å². The summed E-state index contributed by atoms with van der Waals surface area (Å²) in [6, 6.07) is 14.7. The predicted molar refractivity (Wildman–Crippen MR) is 130 cm³/mol. The van der Waals surface area contributed by atoms with Gasteiger partial charge >= 0.3 is 12.1 Å². The Labute approximate surface area is 200 Å². The highest BCUT2D eigenvalue weighted by molar-refractivity contribution is 5.85. The zero-order chi connectivity index (χ0) is 25.0. The van der Waals surface area contributed by atoms with Crippen LogP contribution in [0.5, 0.6) is 0 Å². The Balaban J connectivity index is 1.62. The third-order valence-electron chi connectivity index (χ3n) is 6.28. The number of hydrogen-bond donors (Lipinski definition) is 3. The molecule has 2 atom stereocenters. The van der Waals surface area contributed by atoms with Crippen molar-refractivity contribution in [2.75, 3.05) is 6.61 Å². The quantitative estimate of drug-likeness (QED) is 0.529. The molecule has 7 nitrogen and oxygen atoms in total. The van der Waals surface area contributed by atoms with Crippen LogP contribution >= 0.6 is 0 Å². The highest BCUT2D eigenvalue weighted by Gasteiger charge is 2.34. The van der Waals surface area contributed by atoms with Crippen molar-refractivity contribution >= 4 is 18.0 Å². The lowest BCUT2D eigenvalue weighted by molar-refractivity contribution is -0.145. The highest BCUT2D eigenvalue weighted by atomic mass is 16.5. The third kappa shape index (κ3) is 5.76. The Morgan fingerprint density at radius 2 is 1.47 bits per heavy atom. The van der Waals surface area contributed by atoms with Crippen LogP contribution in [0.4, 0.5) is 4.79 Å². The van der Waals surface area contributed by atoms with E-state index in [0.29, 0.717) is 0 Å². The Bertz CT molecular complexity index is 1010. The third-order valence-corrected chi connectivity index (χ3v) is 6.28. The van der Waals surface area contributed by atoms with Crippen molar-refractivity contribution in [2.24, 2.45) is 11.3 Å². The molecule has 2 aromatic rings. The molecule has 0 aromatic heterocycles. The summed E-state index contributed by atoms with van der Waals surface area (Å²) in [6.45, 7) is 9.21. The second-order valence-electron chi connectivity index (χ2n) is 10.2. The Hall–Kier alpha value is -3.35. The summed E-state index contributed by atoms with van der Waals surface area (Å²) < 4.78 is 5.60. The summed E-state index contributed by atoms with van der Waals surface area (Å²) >= 11 is 0. The molecular formula is C27H34N2O5. The van der Waals surface area contributed by atoms with Crippen molar-refractivity contribution < 1.29 is 24.2 Å². The van der Waals surface area contributed by atoms with Gasteiger partial charge in [-0.1, -0.05) is 83.1 Å². The van der Waals surface area contributed by atoms with E-state index < -0.39 is 35.5 Å². The average molecular weight is 467 g/mol. The topological polar surface area (TPSA) is 105 Å². The Morgan fingerprint density at radius 3 is 1.94 bits per heavy atom. The van der Waals surface area contributed by atoms with Gasteiger partial charge < -0.3 is 20.5 Å². The summed E-state index contributed by atoms with van der Waals surface area (Å²) in [5.41, 5.74) is 3.90. The van der Waals surface area contributed by atoms with Gasteiger partial charge in [-0.3, -0.25) is 4.79 Å². The van der Waals surface area contributed by atoms with E-state index in [4.69, 9.17) is 4.74 Å². The van der Waals surface area contributed by atoms with Crippen LogP contribution in [0.2, 0.25) is 0 Å². The maximum atomic E-state index is 12.7. The van der Waals surface area contributed by atoms with Crippen LogP contribution in [0.15, 0.2) is 48.5 Å². The Kier molecular flexibility index (Phi) is 7.64. The lowest BCUT2D eigenvalue weighted by Gasteiger charge is -2.29. The van der Waals surface area contributed by atoms with Gasteiger partial charge in [0.1, 0.15) is 12.6 Å². The van der Waals surface area contributed by atoms with Crippen molar-refractivity contribution in [1.82, 2.24) is 10.6 Å². The molecule has 3 rings (SSSR count). The number of hydrogen-bond acceptors (Lipinski definition) is 4. The first kappa shape index (κ1) is 25.3. The smallest absolute Gasteiger partial charge is 0.407 e. The van der Waals surface area contributed by atoms with Crippen LogP contribution in [0.1, 0.15) is 58.1 Å². The molecule has 2 aromatic carbocycles. The number of carbonyl (C=O) groups is 3. The first-order chi connectivity index (χ1) is 16.0. The van der Waals surface area contributed by atoms with E-state index in [9.17, 15) is 19.5 Å². The SMILES string of the molecule is CC(C)C(CC(=O)N[C@@H](C(=O)O)C(C)(C)C)NC(=O)OCC1c2ccccc2-c2ccccc21. The molecule has 7 heteroatoms. The molecule has 0 fully saturated rings. The fourth-order valence-corrected chi connectivity index (χ4v) is 4.31. The molecule has 1 aliphatic carbocycles. The van der Waals surface area contributed by atoms with Crippen molar-refractivity contribution in [2.45, 2.75) is 59.0 Å². The number of alkyl carbamates (subject to hydrolysis) is 1. The fourth-order valence-electron chi connectivity index (χ4n) is 4.31. The van der Waals surface area contributed by atoms with Crippen LogP contribution in [0.25, 0.3) is 11.1 Å². The molecule has 0 bridgehead atoms. The van der Waals surface area contributed by atoms with Gasteiger partial charge in [0.2, 0.25) is 5.91 Å². The fraction of sp³-hybridized carbons (Fsp3) is 0.444. The first-order valence-corrected chi connectivity index (χ1v) is 11.6. The summed E-state index contributed by atoms with van der Waals surface area (Å²) in [7, 11) is 0. The largest absolute Gasteiger partial charge is 0.480 e. The summed E-state index contributed by atoms with van der Waals surface area (Å²) in [5, 5.41) is 14.8. The summed E-state index contributed by atoms with van der Waals surface area (Å²) in [5.74, 6) is -1.63. The van der Waals surface area contributed by atoms with Gasteiger partial charge in [0.25, 0.3) is 0 Å². The van der Waals surface area contributed by atoms with Gasteiger partial charge in [-0.2, -0.15) is 0 Å². The average Bonchev–Trinajstić information content (AvgIpc) is 3.08. The molecule has 3 N–H and O–H groups in total. The van der Waals surface area contributed by atoms with Crippen molar-refractivity contribution in [3.05, 3.63) is 59.7 Å². The first-order valence-electron chi connectivity index (χ1n) is 11.6. The van der Waals surface area contributed by atoms with Crippen molar-refractivity contribution in [1.29, 1.82) is 0 Å². The van der Waals surface area contributed by atoms with E-state index in [1.165, 1.54) is 0 Å². The van der Waals surface area contributed by atoms with Gasteiger partial charge in [0, 0.05) is 18.4 Å². The molecule has 2 amide bonds. The minimum Gasteiger partial charge on any atom is -0.480 e. The van der Waals surface area contributed by atoms with Gasteiger partial charge in [-0.15, -0.1) is 0 Å². The van der Waals surface area contributed by atoms with Gasteiger partial charge in [0.15, 0.2) is 0 Å². The van der Waals surface area contributed by atoms with E-state index in [-0.39, 0.29) is 24.9 Å². The minimum atomic E-state index is -1.09. The van der Waals surface area contributed by atoms with Crippen LogP contribution in [0, 0.1) is 11.3 Å². The standard InChI is InChI=1S/C27H34N2O5/c1-16(2)22(14-23(30)29-24(25(31)32)27(3,4)5)28-26(33)34-15-21-19-12-8-6-10-17(19)18-11-7-9-13-20(18)21/h6-13,16,21-22,24H,14-15H2,1-5H3,(H,28,33)(H,29,30)(H,31,32)/t22?,24-/m0/s1. The van der Waals surface area contributed by atoms with Crippen LogP contribution in [-0.2, 0) is 14.3 Å². The van der Waals surface area contributed by atoms with Gasteiger partial charge in [-0.25, -0.2) is 9.59 Å². The van der Waals surface area contributed by atoms with Crippen LogP contribution in [0.3, 0.4) is 0 Å². The number of benzene rings is 2. The molecule has 0 saturated carbocycles. The van der Waals surface area contributed by atoms with Crippen LogP contribution in [-0.4, -0.2) is 41.8 Å². The summed E-state index contributed by atoms with van der Waals surface area (Å²) in [4.78, 5) is 36.8. The monoisotopic (exact) mass is 466 g/mol. The second-order valence-corrected chi connectivity index (χ2v) is 10.2. The van der Waals surface area contributed by atoms with Crippen molar-refractivity contribution in [3.63, 3.8) is 0 Å². The number of carboxylic acids is 1. The van der Waals surface area contributed by atoms with Gasteiger partial charge in [-0.05, 0) is 33.6 Å². The summed E-state index contributed by atoms with van der Waals surface area (Å²) in [6.07, 6.45) is -0.638. The maximum Gasteiger partial charge on any atom is 0.407 e. The van der Waals surface area contributed by atoms with Crippen LogP contribution < -0.4 is 10.6 Å². The number of aliphatic carboxylic acids is 1. The van der Waals surface area contributed by atoms with Gasteiger partial charge in [0.05, 0.1) is 0 Å². The lowest BCUT2D eigenvalue weighted by Crippen LogP contribution is -2.51.